The monoisotopic (exact) mass is 413 g/mol. The standard InChI is InChI=1S/C19H28ClN3O3S/c1-19(2,3)26-18(25)23-11-13(10-14(23)12-22-8-4-5-9-22)21-17(24)15-6-7-16(20)27-15/h6-7,13-14H,4-5,8-12H2,1-3H3,(H,21,24)/t13-,14+/m1/s1. The lowest BCUT2D eigenvalue weighted by Crippen LogP contribution is -2.45. The fourth-order valence-electron chi connectivity index (χ4n) is 3.69. The van der Waals surface area contributed by atoms with E-state index in [2.05, 4.69) is 10.2 Å². The van der Waals surface area contributed by atoms with Crippen molar-refractivity contribution in [3.05, 3.63) is 21.3 Å². The van der Waals surface area contributed by atoms with E-state index in [9.17, 15) is 9.59 Å². The second-order valence-corrected chi connectivity index (χ2v) is 10.0. The van der Waals surface area contributed by atoms with E-state index in [4.69, 9.17) is 16.3 Å². The van der Waals surface area contributed by atoms with Crippen molar-refractivity contribution in [3.8, 4) is 0 Å². The van der Waals surface area contributed by atoms with Gasteiger partial charge in [0.1, 0.15) is 5.60 Å². The molecule has 0 aromatic carbocycles. The number of carbonyl (C=O) groups is 2. The zero-order chi connectivity index (χ0) is 19.6. The molecular weight excluding hydrogens is 386 g/mol. The molecule has 3 rings (SSSR count). The number of thiophene rings is 1. The summed E-state index contributed by atoms with van der Waals surface area (Å²) in [5.41, 5.74) is -0.537. The van der Waals surface area contributed by atoms with Gasteiger partial charge in [-0.1, -0.05) is 11.6 Å². The molecule has 0 spiro atoms. The van der Waals surface area contributed by atoms with Crippen LogP contribution in [0.25, 0.3) is 0 Å². The van der Waals surface area contributed by atoms with Gasteiger partial charge in [0, 0.05) is 25.2 Å². The molecule has 27 heavy (non-hydrogen) atoms. The maximum atomic E-state index is 12.7. The normalized spacial score (nSPS) is 23.6. The summed E-state index contributed by atoms with van der Waals surface area (Å²) in [4.78, 5) is 29.9. The first-order chi connectivity index (χ1) is 12.7. The van der Waals surface area contributed by atoms with E-state index in [1.807, 2.05) is 20.8 Å². The van der Waals surface area contributed by atoms with E-state index in [0.717, 1.165) is 26.1 Å². The van der Waals surface area contributed by atoms with Crippen molar-refractivity contribution >= 4 is 34.9 Å². The Bertz CT molecular complexity index is 682. The van der Waals surface area contributed by atoms with Gasteiger partial charge in [-0.25, -0.2) is 4.79 Å². The Morgan fingerprint density at radius 2 is 2.00 bits per heavy atom. The predicted octanol–water partition coefficient (Wildman–Crippen LogP) is 3.61. The van der Waals surface area contributed by atoms with Crippen LogP contribution in [-0.2, 0) is 4.74 Å². The summed E-state index contributed by atoms with van der Waals surface area (Å²) >= 11 is 7.19. The third-order valence-corrected chi connectivity index (χ3v) is 6.07. The van der Waals surface area contributed by atoms with Gasteiger partial charge >= 0.3 is 6.09 Å². The SMILES string of the molecule is CC(C)(C)OC(=O)N1C[C@H](NC(=O)c2ccc(Cl)s2)C[C@H]1CN1CCCC1. The molecule has 8 heteroatoms. The molecule has 0 radical (unpaired) electrons. The van der Waals surface area contributed by atoms with Crippen LogP contribution in [0.15, 0.2) is 12.1 Å². The molecule has 2 aliphatic heterocycles. The molecule has 1 aromatic rings. The van der Waals surface area contributed by atoms with Crippen molar-refractivity contribution < 1.29 is 14.3 Å². The molecule has 2 saturated heterocycles. The Kier molecular flexibility index (Phi) is 6.33. The van der Waals surface area contributed by atoms with Crippen LogP contribution in [0.1, 0.15) is 49.7 Å². The quantitative estimate of drug-likeness (QED) is 0.819. The highest BCUT2D eigenvalue weighted by Gasteiger charge is 2.39. The average molecular weight is 414 g/mol. The smallest absolute Gasteiger partial charge is 0.410 e. The zero-order valence-corrected chi connectivity index (χ0v) is 17.7. The molecule has 2 aliphatic rings. The van der Waals surface area contributed by atoms with E-state index >= 15 is 0 Å². The molecule has 2 amide bonds. The van der Waals surface area contributed by atoms with Crippen LogP contribution < -0.4 is 5.32 Å². The van der Waals surface area contributed by atoms with E-state index < -0.39 is 5.60 Å². The Morgan fingerprint density at radius 1 is 1.30 bits per heavy atom. The van der Waals surface area contributed by atoms with Gasteiger partial charge in [-0.15, -0.1) is 11.3 Å². The van der Waals surface area contributed by atoms with Crippen LogP contribution in [0.5, 0.6) is 0 Å². The summed E-state index contributed by atoms with van der Waals surface area (Å²) in [6.45, 7) is 9.06. The van der Waals surface area contributed by atoms with Gasteiger partial charge in [0.2, 0.25) is 0 Å². The molecule has 150 valence electrons. The minimum Gasteiger partial charge on any atom is -0.444 e. The molecule has 0 aliphatic carbocycles. The predicted molar refractivity (Wildman–Crippen MR) is 108 cm³/mol. The van der Waals surface area contributed by atoms with Crippen molar-refractivity contribution in [2.24, 2.45) is 0 Å². The molecule has 6 nitrogen and oxygen atoms in total. The zero-order valence-electron chi connectivity index (χ0n) is 16.2. The summed E-state index contributed by atoms with van der Waals surface area (Å²) in [6.07, 6.45) is 2.85. The van der Waals surface area contributed by atoms with Gasteiger partial charge < -0.3 is 19.9 Å². The number of hydrogen-bond acceptors (Lipinski definition) is 5. The minimum atomic E-state index is -0.537. The van der Waals surface area contributed by atoms with Gasteiger partial charge in [-0.3, -0.25) is 4.79 Å². The first-order valence-electron chi connectivity index (χ1n) is 9.49. The molecular formula is C19H28ClN3O3S. The van der Waals surface area contributed by atoms with E-state index in [0.29, 0.717) is 15.8 Å². The summed E-state index contributed by atoms with van der Waals surface area (Å²) < 4.78 is 6.19. The second kappa shape index (κ2) is 8.37. The molecule has 3 heterocycles. The Morgan fingerprint density at radius 3 is 2.59 bits per heavy atom. The highest BCUT2D eigenvalue weighted by molar-refractivity contribution is 7.18. The number of nitrogens with one attached hydrogen (secondary N) is 1. The fourth-order valence-corrected chi connectivity index (χ4v) is 4.64. The minimum absolute atomic E-state index is 0.0511. The first kappa shape index (κ1) is 20.4. The van der Waals surface area contributed by atoms with Gasteiger partial charge in [0.05, 0.1) is 9.21 Å². The van der Waals surface area contributed by atoms with Gasteiger partial charge in [0.15, 0.2) is 0 Å². The Balaban J connectivity index is 1.65. The third-order valence-electron chi connectivity index (χ3n) is 4.84. The lowest BCUT2D eigenvalue weighted by atomic mass is 10.1. The molecule has 0 bridgehead atoms. The van der Waals surface area contributed by atoms with Crippen LogP contribution in [0, 0.1) is 0 Å². The van der Waals surface area contributed by atoms with E-state index in [1.54, 1.807) is 17.0 Å². The topological polar surface area (TPSA) is 61.9 Å². The summed E-state index contributed by atoms with van der Waals surface area (Å²) in [7, 11) is 0. The van der Waals surface area contributed by atoms with E-state index in [1.165, 1.54) is 24.2 Å². The molecule has 1 N–H and O–H groups in total. The van der Waals surface area contributed by atoms with Crippen molar-refractivity contribution in [3.63, 3.8) is 0 Å². The molecule has 2 fully saturated rings. The molecule has 0 unspecified atom stereocenters. The van der Waals surface area contributed by atoms with Crippen molar-refractivity contribution in [2.45, 2.75) is 57.7 Å². The highest BCUT2D eigenvalue weighted by atomic mass is 35.5. The first-order valence-corrected chi connectivity index (χ1v) is 10.7. The van der Waals surface area contributed by atoms with Crippen molar-refractivity contribution in [1.82, 2.24) is 15.1 Å². The Hall–Kier alpha value is -1.31. The van der Waals surface area contributed by atoms with Crippen LogP contribution in [-0.4, -0.2) is 65.7 Å². The van der Waals surface area contributed by atoms with Crippen molar-refractivity contribution in [1.29, 1.82) is 0 Å². The lowest BCUT2D eigenvalue weighted by Gasteiger charge is -2.30. The number of halogens is 1. The fraction of sp³-hybridized carbons (Fsp3) is 0.684. The maximum Gasteiger partial charge on any atom is 0.410 e. The maximum absolute atomic E-state index is 12.7. The number of ether oxygens (including phenoxy) is 1. The van der Waals surface area contributed by atoms with Crippen LogP contribution in [0.2, 0.25) is 4.34 Å². The van der Waals surface area contributed by atoms with Gasteiger partial charge in [-0.05, 0) is 65.3 Å². The van der Waals surface area contributed by atoms with E-state index in [-0.39, 0.29) is 24.1 Å². The van der Waals surface area contributed by atoms with Crippen LogP contribution >= 0.6 is 22.9 Å². The highest BCUT2D eigenvalue weighted by Crippen LogP contribution is 2.25. The lowest BCUT2D eigenvalue weighted by molar-refractivity contribution is 0.0199. The van der Waals surface area contributed by atoms with Crippen LogP contribution in [0.3, 0.4) is 0 Å². The number of hydrogen-bond donors (Lipinski definition) is 1. The number of nitrogens with zero attached hydrogens (tertiary/aromatic N) is 2. The largest absolute Gasteiger partial charge is 0.444 e. The van der Waals surface area contributed by atoms with Gasteiger partial charge in [-0.2, -0.15) is 0 Å². The van der Waals surface area contributed by atoms with Crippen LogP contribution in [0.4, 0.5) is 4.79 Å². The third kappa shape index (κ3) is 5.59. The molecule has 2 atom stereocenters. The second-order valence-electron chi connectivity index (χ2n) is 8.30. The number of amides is 2. The molecule has 0 saturated carbocycles. The van der Waals surface area contributed by atoms with Crippen molar-refractivity contribution in [2.75, 3.05) is 26.2 Å². The summed E-state index contributed by atoms with van der Waals surface area (Å²) in [5.74, 6) is -0.136. The number of carbonyl (C=O) groups excluding carboxylic acids is 2. The summed E-state index contributed by atoms with van der Waals surface area (Å²) in [6, 6.07) is 3.41. The molecule has 1 aromatic heterocycles. The number of rotatable bonds is 4. The Labute approximate surface area is 169 Å². The number of likely N-dealkylation sites (tertiary alicyclic amines) is 2. The average Bonchev–Trinajstić information content (AvgIpc) is 3.27. The summed E-state index contributed by atoms with van der Waals surface area (Å²) in [5, 5.41) is 3.06. The van der Waals surface area contributed by atoms with Gasteiger partial charge in [0.25, 0.3) is 5.91 Å².